The Morgan fingerprint density at radius 2 is 1.55 bits per heavy atom. The summed E-state index contributed by atoms with van der Waals surface area (Å²) in [6, 6.07) is 24.6. The van der Waals surface area contributed by atoms with Crippen LogP contribution >= 0.6 is 11.3 Å². The van der Waals surface area contributed by atoms with Crippen molar-refractivity contribution >= 4 is 34.3 Å². The van der Waals surface area contributed by atoms with Crippen LogP contribution in [0.25, 0.3) is 0 Å². The highest BCUT2D eigenvalue weighted by Crippen LogP contribution is 2.20. The average molecular weight is 401 g/mol. The summed E-state index contributed by atoms with van der Waals surface area (Å²) in [5, 5.41) is 8.17. The van der Waals surface area contributed by atoms with Crippen LogP contribution < -0.4 is 15.4 Å². The molecule has 3 aromatic carbocycles. The maximum absolute atomic E-state index is 12.5. The quantitative estimate of drug-likeness (QED) is 0.416. The summed E-state index contributed by atoms with van der Waals surface area (Å²) in [4.78, 5) is 16.6. The van der Waals surface area contributed by atoms with Gasteiger partial charge in [0.2, 0.25) is 0 Å². The number of rotatable bonds is 7. The largest absolute Gasteiger partial charge is 0.487 e. The summed E-state index contributed by atoms with van der Waals surface area (Å²) in [6.07, 6.45) is 0. The highest BCUT2D eigenvalue weighted by molar-refractivity contribution is 7.07. The lowest BCUT2D eigenvalue weighted by Gasteiger charge is -2.09. The van der Waals surface area contributed by atoms with E-state index in [4.69, 9.17) is 4.74 Å². The molecule has 4 aromatic rings. The number of para-hydroxylation sites is 1. The van der Waals surface area contributed by atoms with E-state index in [2.05, 4.69) is 15.6 Å². The summed E-state index contributed by atoms with van der Waals surface area (Å²) in [5.74, 6) is 0.533. The first-order valence-electron chi connectivity index (χ1n) is 9.10. The summed E-state index contributed by atoms with van der Waals surface area (Å²) in [7, 11) is 0. The minimum atomic E-state index is -0.167. The zero-order chi connectivity index (χ0) is 19.9. The van der Waals surface area contributed by atoms with E-state index in [1.54, 1.807) is 29.8 Å². The first kappa shape index (κ1) is 18.7. The molecule has 6 heteroatoms. The van der Waals surface area contributed by atoms with Crippen LogP contribution in [0.3, 0.4) is 0 Å². The summed E-state index contributed by atoms with van der Waals surface area (Å²) in [6.45, 7) is 0.415. The molecule has 0 saturated carbocycles. The smallest absolute Gasteiger partial charge is 0.255 e. The van der Waals surface area contributed by atoms with E-state index in [0.29, 0.717) is 17.9 Å². The zero-order valence-corrected chi connectivity index (χ0v) is 16.4. The zero-order valence-electron chi connectivity index (χ0n) is 15.5. The number of carbonyl (C=O) groups is 1. The fourth-order valence-corrected chi connectivity index (χ4v) is 3.24. The molecular formula is C23H19N3O2S. The van der Waals surface area contributed by atoms with Crippen LogP contribution in [0, 0.1) is 0 Å². The third-order valence-corrected chi connectivity index (χ3v) is 4.83. The van der Waals surface area contributed by atoms with Crippen LogP contribution in [0.2, 0.25) is 0 Å². The molecule has 0 aliphatic heterocycles. The lowest BCUT2D eigenvalue weighted by molar-refractivity contribution is 0.102. The number of benzene rings is 3. The number of amides is 1. The van der Waals surface area contributed by atoms with Crippen molar-refractivity contribution in [2.45, 2.75) is 6.61 Å². The molecule has 0 atom stereocenters. The van der Waals surface area contributed by atoms with Gasteiger partial charge in [0, 0.05) is 28.0 Å². The number of ether oxygens (including phenoxy) is 1. The predicted octanol–water partition coefficient (Wildman–Crippen LogP) is 5.72. The van der Waals surface area contributed by atoms with Crippen molar-refractivity contribution in [3.05, 3.63) is 101 Å². The van der Waals surface area contributed by atoms with Crippen molar-refractivity contribution in [1.29, 1.82) is 0 Å². The number of hydrogen-bond acceptors (Lipinski definition) is 5. The van der Waals surface area contributed by atoms with Gasteiger partial charge < -0.3 is 15.4 Å². The van der Waals surface area contributed by atoms with Gasteiger partial charge in [-0.25, -0.2) is 4.98 Å². The second-order valence-corrected chi connectivity index (χ2v) is 7.03. The minimum Gasteiger partial charge on any atom is -0.487 e. The van der Waals surface area contributed by atoms with E-state index in [1.807, 2.05) is 60.0 Å². The maximum atomic E-state index is 12.5. The Morgan fingerprint density at radius 3 is 2.24 bits per heavy atom. The molecule has 0 saturated heterocycles. The number of thiazole rings is 1. The molecule has 0 aliphatic rings. The fourth-order valence-electron chi connectivity index (χ4n) is 2.70. The predicted molar refractivity (Wildman–Crippen MR) is 117 cm³/mol. The molecule has 144 valence electrons. The minimum absolute atomic E-state index is 0.167. The van der Waals surface area contributed by atoms with Crippen LogP contribution in [0.1, 0.15) is 16.1 Å². The number of anilines is 3. The average Bonchev–Trinajstić information content (AvgIpc) is 3.28. The normalized spacial score (nSPS) is 10.3. The number of nitrogens with zero attached hydrogens (tertiary/aromatic N) is 1. The number of aromatic nitrogens is 1. The Kier molecular flexibility index (Phi) is 5.83. The molecule has 5 nitrogen and oxygen atoms in total. The molecule has 1 amide bonds. The second kappa shape index (κ2) is 9.03. The molecule has 0 bridgehead atoms. The first-order valence-corrected chi connectivity index (χ1v) is 10.0. The lowest BCUT2D eigenvalue weighted by atomic mass is 10.2. The van der Waals surface area contributed by atoms with E-state index in [1.165, 1.54) is 11.3 Å². The van der Waals surface area contributed by atoms with Gasteiger partial charge in [0.05, 0.1) is 11.2 Å². The van der Waals surface area contributed by atoms with Gasteiger partial charge in [-0.1, -0.05) is 18.2 Å². The van der Waals surface area contributed by atoms with Crippen LogP contribution in [0.4, 0.5) is 17.1 Å². The van der Waals surface area contributed by atoms with Crippen LogP contribution in [-0.2, 0) is 6.61 Å². The topological polar surface area (TPSA) is 63.2 Å². The molecule has 29 heavy (non-hydrogen) atoms. The van der Waals surface area contributed by atoms with Crippen molar-refractivity contribution in [2.24, 2.45) is 0 Å². The van der Waals surface area contributed by atoms with Crippen LogP contribution in [0.15, 0.2) is 89.8 Å². The maximum Gasteiger partial charge on any atom is 0.255 e. The molecule has 0 radical (unpaired) electrons. The van der Waals surface area contributed by atoms with Crippen molar-refractivity contribution < 1.29 is 9.53 Å². The van der Waals surface area contributed by atoms with Crippen molar-refractivity contribution in [1.82, 2.24) is 4.98 Å². The number of nitrogens with one attached hydrogen (secondary N) is 2. The van der Waals surface area contributed by atoms with Gasteiger partial charge in [-0.05, 0) is 60.7 Å². The highest BCUT2D eigenvalue weighted by atomic mass is 32.1. The lowest BCUT2D eigenvalue weighted by Crippen LogP contribution is -2.11. The molecule has 1 aromatic heterocycles. The highest BCUT2D eigenvalue weighted by Gasteiger charge is 2.07. The third-order valence-electron chi connectivity index (χ3n) is 4.19. The molecule has 0 aliphatic carbocycles. The molecule has 0 fully saturated rings. The van der Waals surface area contributed by atoms with Gasteiger partial charge in [0.15, 0.2) is 0 Å². The molecule has 0 spiro atoms. The Bertz CT molecular complexity index is 1050. The summed E-state index contributed by atoms with van der Waals surface area (Å²) in [5.41, 5.74) is 5.94. The molecule has 4 rings (SSSR count). The van der Waals surface area contributed by atoms with E-state index >= 15 is 0 Å². The van der Waals surface area contributed by atoms with E-state index in [-0.39, 0.29) is 5.91 Å². The molecular weight excluding hydrogens is 382 g/mol. The number of carbonyl (C=O) groups excluding carboxylic acids is 1. The van der Waals surface area contributed by atoms with Gasteiger partial charge in [-0.3, -0.25) is 4.79 Å². The monoisotopic (exact) mass is 401 g/mol. The van der Waals surface area contributed by atoms with E-state index in [0.717, 1.165) is 22.8 Å². The van der Waals surface area contributed by atoms with Crippen molar-refractivity contribution in [3.63, 3.8) is 0 Å². The molecule has 2 N–H and O–H groups in total. The van der Waals surface area contributed by atoms with Crippen molar-refractivity contribution in [2.75, 3.05) is 10.6 Å². The number of hydrogen-bond donors (Lipinski definition) is 2. The van der Waals surface area contributed by atoms with Gasteiger partial charge in [-0.2, -0.15) is 0 Å². The van der Waals surface area contributed by atoms with Gasteiger partial charge in [-0.15, -0.1) is 11.3 Å². The Labute approximate surface area is 173 Å². The molecule has 0 unspecified atom stereocenters. The van der Waals surface area contributed by atoms with Crippen molar-refractivity contribution in [3.8, 4) is 5.75 Å². The van der Waals surface area contributed by atoms with E-state index < -0.39 is 0 Å². The SMILES string of the molecule is O=C(Nc1ccc(Nc2ccccc2)cc1)c1ccc(OCc2cscn2)cc1. The van der Waals surface area contributed by atoms with Gasteiger partial charge >= 0.3 is 0 Å². The van der Waals surface area contributed by atoms with Crippen LogP contribution in [-0.4, -0.2) is 10.9 Å². The Hall–Kier alpha value is -3.64. The summed E-state index contributed by atoms with van der Waals surface area (Å²) >= 11 is 1.54. The fraction of sp³-hybridized carbons (Fsp3) is 0.0435. The third kappa shape index (κ3) is 5.21. The van der Waals surface area contributed by atoms with Gasteiger partial charge in [0.25, 0.3) is 5.91 Å². The Balaban J connectivity index is 1.32. The van der Waals surface area contributed by atoms with Gasteiger partial charge in [0.1, 0.15) is 12.4 Å². The van der Waals surface area contributed by atoms with E-state index in [9.17, 15) is 4.79 Å². The second-order valence-electron chi connectivity index (χ2n) is 6.32. The standard InChI is InChI=1S/C23H19N3O2S/c27-23(17-6-12-22(13-7-17)28-14-21-15-29-16-24-21)26-20-10-8-19(9-11-20)25-18-4-2-1-3-5-18/h1-13,15-16,25H,14H2,(H,26,27). The van der Waals surface area contributed by atoms with Crippen LogP contribution in [0.5, 0.6) is 5.75 Å². The Morgan fingerprint density at radius 1 is 0.862 bits per heavy atom. The molecule has 1 heterocycles. The first-order chi connectivity index (χ1) is 14.3. The summed E-state index contributed by atoms with van der Waals surface area (Å²) < 4.78 is 5.67.